The second-order valence-electron chi connectivity index (χ2n) is 5.40. The van der Waals surface area contributed by atoms with Crippen LogP contribution in [-0.4, -0.2) is 19.9 Å². The number of oxazole rings is 1. The average molecular weight is 367 g/mol. The van der Waals surface area contributed by atoms with Gasteiger partial charge in [-0.2, -0.15) is 0 Å². The molecule has 0 amide bonds. The Morgan fingerprint density at radius 2 is 2.00 bits per heavy atom. The third kappa shape index (κ3) is 3.53. The van der Waals surface area contributed by atoms with E-state index in [0.717, 1.165) is 11.1 Å². The molecule has 2 N–H and O–H groups in total. The largest absolute Gasteiger partial charge is 0.417 e. The van der Waals surface area contributed by atoms with E-state index in [1.807, 2.05) is 6.92 Å². The van der Waals surface area contributed by atoms with Gasteiger partial charge in [0.15, 0.2) is 5.58 Å². The number of rotatable bonds is 5. The first-order chi connectivity index (χ1) is 11.3. The molecule has 8 heteroatoms. The maximum atomic E-state index is 12.3. The van der Waals surface area contributed by atoms with Crippen LogP contribution in [0.1, 0.15) is 11.1 Å². The van der Waals surface area contributed by atoms with E-state index in [1.54, 1.807) is 24.3 Å². The van der Waals surface area contributed by atoms with Gasteiger partial charge in [0.2, 0.25) is 10.0 Å². The number of fused-ring (bicyclic) bond motifs is 1. The van der Waals surface area contributed by atoms with Crippen molar-refractivity contribution in [2.24, 2.45) is 0 Å². The minimum Gasteiger partial charge on any atom is -0.408 e. The topological polar surface area (TPSA) is 92.2 Å². The van der Waals surface area contributed by atoms with E-state index in [4.69, 9.17) is 16.0 Å². The van der Waals surface area contributed by atoms with Crippen LogP contribution in [0.2, 0.25) is 5.02 Å². The molecule has 24 heavy (non-hydrogen) atoms. The highest BCUT2D eigenvalue weighted by Gasteiger charge is 2.14. The van der Waals surface area contributed by atoms with Crippen molar-refractivity contribution in [3.63, 3.8) is 0 Å². The predicted molar refractivity (Wildman–Crippen MR) is 91.9 cm³/mol. The second kappa shape index (κ2) is 6.43. The first kappa shape index (κ1) is 16.8. The average Bonchev–Trinajstić information content (AvgIpc) is 2.89. The Morgan fingerprint density at radius 3 is 2.75 bits per heavy atom. The van der Waals surface area contributed by atoms with Crippen molar-refractivity contribution in [2.45, 2.75) is 18.2 Å². The third-order valence-corrected chi connectivity index (χ3v) is 5.51. The molecule has 1 aromatic heterocycles. The number of aryl methyl sites for hydroxylation is 1. The minimum absolute atomic E-state index is 0.132. The molecule has 3 rings (SSSR count). The first-order valence-corrected chi connectivity index (χ1v) is 9.09. The fourth-order valence-corrected chi connectivity index (χ4v) is 3.61. The fraction of sp³-hybridized carbons (Fsp3) is 0.188. The summed E-state index contributed by atoms with van der Waals surface area (Å²) in [5, 5.41) is 0.409. The molecule has 0 atom stereocenters. The van der Waals surface area contributed by atoms with E-state index < -0.39 is 15.8 Å². The maximum absolute atomic E-state index is 12.3. The van der Waals surface area contributed by atoms with E-state index in [1.165, 1.54) is 12.1 Å². The number of hydrogen-bond donors (Lipinski definition) is 2. The molecule has 0 saturated carbocycles. The van der Waals surface area contributed by atoms with E-state index in [9.17, 15) is 13.2 Å². The Hall–Kier alpha value is -2.09. The molecule has 0 unspecified atom stereocenters. The lowest BCUT2D eigenvalue weighted by Gasteiger charge is -2.08. The van der Waals surface area contributed by atoms with Crippen LogP contribution in [0.15, 0.2) is 50.5 Å². The van der Waals surface area contributed by atoms with E-state index in [0.29, 0.717) is 22.5 Å². The molecule has 1 heterocycles. The zero-order valence-electron chi connectivity index (χ0n) is 12.8. The lowest BCUT2D eigenvalue weighted by molar-refractivity contribution is 0.555. The second-order valence-corrected chi connectivity index (χ2v) is 7.58. The zero-order chi connectivity index (χ0) is 17.3. The Labute approximate surface area is 143 Å². The molecule has 0 fully saturated rings. The maximum Gasteiger partial charge on any atom is 0.417 e. The number of sulfonamides is 1. The van der Waals surface area contributed by atoms with Crippen molar-refractivity contribution in [2.75, 3.05) is 6.54 Å². The van der Waals surface area contributed by atoms with Gasteiger partial charge in [-0.15, -0.1) is 0 Å². The van der Waals surface area contributed by atoms with Gasteiger partial charge in [0.25, 0.3) is 0 Å². The minimum atomic E-state index is -3.62. The quantitative estimate of drug-likeness (QED) is 0.726. The number of benzene rings is 2. The highest BCUT2D eigenvalue weighted by atomic mass is 35.5. The molecule has 3 aromatic rings. The van der Waals surface area contributed by atoms with E-state index in [2.05, 4.69) is 9.71 Å². The van der Waals surface area contributed by atoms with Gasteiger partial charge in [0.1, 0.15) is 0 Å². The van der Waals surface area contributed by atoms with Crippen LogP contribution in [0.4, 0.5) is 0 Å². The summed E-state index contributed by atoms with van der Waals surface area (Å²) in [7, 11) is -3.62. The summed E-state index contributed by atoms with van der Waals surface area (Å²) in [6, 6.07) is 9.84. The summed E-state index contributed by atoms with van der Waals surface area (Å²) in [6.07, 6.45) is 0.474. The van der Waals surface area contributed by atoms with Crippen LogP contribution >= 0.6 is 11.6 Å². The predicted octanol–water partition coefficient (Wildman–Crippen LogP) is 2.60. The number of halogens is 1. The number of aromatic nitrogens is 1. The van der Waals surface area contributed by atoms with Crippen LogP contribution in [0.25, 0.3) is 11.1 Å². The lowest BCUT2D eigenvalue weighted by atomic mass is 10.1. The lowest BCUT2D eigenvalue weighted by Crippen LogP contribution is -2.26. The first-order valence-electron chi connectivity index (χ1n) is 7.23. The summed E-state index contributed by atoms with van der Waals surface area (Å²) < 4.78 is 32.0. The van der Waals surface area contributed by atoms with E-state index in [-0.39, 0.29) is 11.4 Å². The molecule has 0 aliphatic carbocycles. The van der Waals surface area contributed by atoms with Crippen molar-refractivity contribution >= 4 is 32.7 Å². The van der Waals surface area contributed by atoms with Crippen LogP contribution in [0, 0.1) is 6.92 Å². The highest BCUT2D eigenvalue weighted by Crippen LogP contribution is 2.20. The Bertz CT molecular complexity index is 1050. The van der Waals surface area contributed by atoms with Crippen LogP contribution in [0.5, 0.6) is 0 Å². The van der Waals surface area contributed by atoms with Crippen LogP contribution in [-0.2, 0) is 16.4 Å². The molecule has 6 nitrogen and oxygen atoms in total. The standard InChI is InChI=1S/C16H15ClN2O4S/c1-10-2-4-12(9-13(10)17)24(21,22)18-7-6-11-3-5-15-14(8-11)19-16(20)23-15/h2-5,8-9,18H,6-7H2,1H3,(H,19,20). The fourth-order valence-electron chi connectivity index (χ4n) is 2.31. The van der Waals surface area contributed by atoms with Crippen LogP contribution < -0.4 is 10.5 Å². The monoisotopic (exact) mass is 366 g/mol. The number of hydrogen-bond acceptors (Lipinski definition) is 4. The summed E-state index contributed by atoms with van der Waals surface area (Å²) in [5.41, 5.74) is 2.76. The Morgan fingerprint density at radius 1 is 1.21 bits per heavy atom. The Kier molecular flexibility index (Phi) is 4.49. The summed E-state index contributed by atoms with van der Waals surface area (Å²) in [4.78, 5) is 13.8. The molecule has 0 aliphatic rings. The molecule has 0 spiro atoms. The molecule has 0 radical (unpaired) electrons. The van der Waals surface area contributed by atoms with Gasteiger partial charge in [-0.05, 0) is 48.7 Å². The molecular weight excluding hydrogens is 352 g/mol. The van der Waals surface area contributed by atoms with Gasteiger partial charge in [0, 0.05) is 11.6 Å². The normalized spacial score (nSPS) is 11.9. The smallest absolute Gasteiger partial charge is 0.408 e. The molecule has 126 valence electrons. The van der Waals surface area contributed by atoms with Gasteiger partial charge in [-0.3, -0.25) is 4.98 Å². The summed E-state index contributed by atoms with van der Waals surface area (Å²) in [5.74, 6) is -0.515. The number of aromatic amines is 1. The number of H-pyrrole nitrogens is 1. The molecule has 0 saturated heterocycles. The van der Waals surface area contributed by atoms with Crippen LogP contribution in [0.3, 0.4) is 0 Å². The molecule has 0 aliphatic heterocycles. The number of nitrogens with one attached hydrogen (secondary N) is 2. The summed E-state index contributed by atoms with van der Waals surface area (Å²) >= 11 is 5.98. The SMILES string of the molecule is Cc1ccc(S(=O)(=O)NCCc2ccc3oc(=O)[nH]c3c2)cc1Cl. The van der Waals surface area contributed by atoms with Crippen molar-refractivity contribution in [3.8, 4) is 0 Å². The Balaban J connectivity index is 1.69. The molecule has 2 aromatic carbocycles. The van der Waals surface area contributed by atoms with Gasteiger partial charge in [-0.25, -0.2) is 17.9 Å². The van der Waals surface area contributed by atoms with E-state index >= 15 is 0 Å². The van der Waals surface area contributed by atoms with Gasteiger partial charge < -0.3 is 4.42 Å². The zero-order valence-corrected chi connectivity index (χ0v) is 14.4. The van der Waals surface area contributed by atoms with Crippen molar-refractivity contribution in [3.05, 3.63) is 63.1 Å². The molecule has 0 bridgehead atoms. The van der Waals surface area contributed by atoms with Gasteiger partial charge in [-0.1, -0.05) is 23.7 Å². The van der Waals surface area contributed by atoms with Gasteiger partial charge in [0.05, 0.1) is 10.4 Å². The van der Waals surface area contributed by atoms with Crippen molar-refractivity contribution in [1.29, 1.82) is 0 Å². The summed E-state index contributed by atoms with van der Waals surface area (Å²) in [6.45, 7) is 2.03. The van der Waals surface area contributed by atoms with Gasteiger partial charge >= 0.3 is 5.76 Å². The van der Waals surface area contributed by atoms with Crippen molar-refractivity contribution < 1.29 is 12.8 Å². The van der Waals surface area contributed by atoms with Crippen molar-refractivity contribution in [1.82, 2.24) is 9.71 Å². The highest BCUT2D eigenvalue weighted by molar-refractivity contribution is 7.89. The third-order valence-electron chi connectivity index (χ3n) is 3.64. The molecular formula is C16H15ClN2O4S.